The molecule has 0 fully saturated rings. The maximum absolute atomic E-state index is 10.2. The Labute approximate surface area is 116 Å². The zero-order valence-electron chi connectivity index (χ0n) is 10.4. The first-order valence-electron chi connectivity index (χ1n) is 6.14. The van der Waals surface area contributed by atoms with E-state index in [9.17, 15) is 5.11 Å². The number of benzene rings is 1. The molecule has 1 aliphatic carbocycles. The second kappa shape index (κ2) is 4.37. The summed E-state index contributed by atoms with van der Waals surface area (Å²) < 4.78 is 0. The molecule has 3 rings (SSSR count). The lowest BCUT2D eigenvalue weighted by Crippen LogP contribution is -2.00. The van der Waals surface area contributed by atoms with Crippen molar-refractivity contribution < 1.29 is 5.11 Å². The van der Waals surface area contributed by atoms with Crippen molar-refractivity contribution in [1.82, 2.24) is 0 Å². The Morgan fingerprint density at radius 2 is 1.94 bits per heavy atom. The van der Waals surface area contributed by atoms with Crippen LogP contribution in [-0.4, -0.2) is 5.11 Å². The van der Waals surface area contributed by atoms with E-state index in [1.807, 2.05) is 12.1 Å². The molecule has 0 spiro atoms. The highest BCUT2D eigenvalue weighted by Gasteiger charge is 2.32. The second-order valence-corrected chi connectivity index (χ2v) is 6.70. The second-order valence-electron chi connectivity index (χ2n) is 5.01. The average Bonchev–Trinajstić information content (AvgIpc) is 2.79. The third-order valence-corrected chi connectivity index (χ3v) is 5.15. The zero-order chi connectivity index (χ0) is 12.9. The van der Waals surface area contributed by atoms with Gasteiger partial charge in [-0.2, -0.15) is 0 Å². The number of fused-ring (bicyclic) bond motifs is 1. The molecular formula is C15H15ClOS. The van der Waals surface area contributed by atoms with Crippen LogP contribution >= 0.6 is 22.9 Å². The van der Waals surface area contributed by atoms with Gasteiger partial charge in [-0.1, -0.05) is 30.7 Å². The lowest BCUT2D eigenvalue weighted by Gasteiger charge is -2.08. The molecule has 2 aromatic rings. The quantitative estimate of drug-likeness (QED) is 0.808. The van der Waals surface area contributed by atoms with Gasteiger partial charge in [-0.3, -0.25) is 0 Å². The highest BCUT2D eigenvalue weighted by atomic mass is 35.5. The number of thiophene rings is 1. The van der Waals surface area contributed by atoms with Crippen molar-refractivity contribution in [2.24, 2.45) is 5.92 Å². The molecule has 3 heteroatoms. The Balaban J connectivity index is 2.14. The number of rotatable bonds is 1. The van der Waals surface area contributed by atoms with Gasteiger partial charge in [0.15, 0.2) is 0 Å². The van der Waals surface area contributed by atoms with Crippen LogP contribution < -0.4 is 0 Å². The summed E-state index contributed by atoms with van der Waals surface area (Å²) in [5, 5.41) is 10.9. The first-order valence-corrected chi connectivity index (χ1v) is 7.33. The first kappa shape index (κ1) is 12.2. The highest BCUT2D eigenvalue weighted by Crippen LogP contribution is 2.47. The molecule has 0 saturated carbocycles. The fourth-order valence-corrected chi connectivity index (χ4v) is 4.20. The monoisotopic (exact) mass is 278 g/mol. The number of aryl methyl sites for hydroxylation is 1. The Morgan fingerprint density at radius 3 is 2.61 bits per heavy atom. The van der Waals surface area contributed by atoms with Crippen LogP contribution in [0.2, 0.25) is 5.02 Å². The number of aliphatic hydroxyl groups excluding tert-OH is 1. The van der Waals surface area contributed by atoms with E-state index in [1.54, 1.807) is 11.3 Å². The smallest absolute Gasteiger partial charge is 0.0913 e. The van der Waals surface area contributed by atoms with Crippen molar-refractivity contribution in [3.05, 3.63) is 44.6 Å². The summed E-state index contributed by atoms with van der Waals surface area (Å²) in [5.41, 5.74) is 3.84. The normalized spacial score (nSPS) is 22.2. The standard InChI is InChI=1S/C15H15ClOS/c1-8-7-12-13(9(2)18-15(12)14(8)17)10-3-5-11(16)6-4-10/h3-6,8,14,17H,7H2,1-2H3. The lowest BCUT2D eigenvalue weighted by molar-refractivity contribution is 0.135. The molecule has 0 aliphatic heterocycles. The van der Waals surface area contributed by atoms with Crippen molar-refractivity contribution in [2.45, 2.75) is 26.4 Å². The Hall–Kier alpha value is -0.830. The Kier molecular flexibility index (Phi) is 2.97. The minimum absolute atomic E-state index is 0.287. The van der Waals surface area contributed by atoms with Gasteiger partial charge in [-0.05, 0) is 48.1 Å². The molecule has 0 amide bonds. The van der Waals surface area contributed by atoms with Gasteiger partial charge in [0.05, 0.1) is 6.10 Å². The number of aliphatic hydroxyl groups is 1. The predicted molar refractivity (Wildman–Crippen MR) is 77.3 cm³/mol. The topological polar surface area (TPSA) is 20.2 Å². The van der Waals surface area contributed by atoms with E-state index in [0.29, 0.717) is 5.92 Å². The minimum Gasteiger partial charge on any atom is -0.387 e. The molecule has 1 nitrogen and oxygen atoms in total. The van der Waals surface area contributed by atoms with Gasteiger partial charge < -0.3 is 5.11 Å². The van der Waals surface area contributed by atoms with Crippen LogP contribution in [0.25, 0.3) is 11.1 Å². The van der Waals surface area contributed by atoms with Gasteiger partial charge in [0, 0.05) is 14.8 Å². The van der Waals surface area contributed by atoms with Gasteiger partial charge in [-0.15, -0.1) is 11.3 Å². The van der Waals surface area contributed by atoms with Crippen molar-refractivity contribution in [3.63, 3.8) is 0 Å². The van der Waals surface area contributed by atoms with Crippen LogP contribution in [0.1, 0.15) is 28.3 Å². The molecular weight excluding hydrogens is 264 g/mol. The summed E-state index contributed by atoms with van der Waals surface area (Å²) in [6.45, 7) is 4.24. The van der Waals surface area contributed by atoms with Gasteiger partial charge in [0.25, 0.3) is 0 Å². The van der Waals surface area contributed by atoms with Crippen molar-refractivity contribution in [2.75, 3.05) is 0 Å². The van der Waals surface area contributed by atoms with Crippen molar-refractivity contribution >= 4 is 22.9 Å². The van der Waals surface area contributed by atoms with Gasteiger partial charge in [0.2, 0.25) is 0 Å². The van der Waals surface area contributed by atoms with Gasteiger partial charge >= 0.3 is 0 Å². The predicted octanol–water partition coefficient (Wildman–Crippen LogP) is 4.60. The summed E-state index contributed by atoms with van der Waals surface area (Å²) in [6, 6.07) is 7.98. The molecule has 1 N–H and O–H groups in total. The maximum Gasteiger partial charge on any atom is 0.0913 e. The third kappa shape index (κ3) is 1.80. The third-order valence-electron chi connectivity index (χ3n) is 3.68. The molecule has 2 atom stereocenters. The summed E-state index contributed by atoms with van der Waals surface area (Å²) >= 11 is 7.67. The largest absolute Gasteiger partial charge is 0.387 e. The molecule has 1 aromatic heterocycles. The summed E-state index contributed by atoms with van der Waals surface area (Å²) in [5.74, 6) is 0.331. The number of hydrogen-bond acceptors (Lipinski definition) is 2. The maximum atomic E-state index is 10.2. The number of hydrogen-bond donors (Lipinski definition) is 1. The molecule has 1 aliphatic rings. The highest BCUT2D eigenvalue weighted by molar-refractivity contribution is 7.12. The van der Waals surface area contributed by atoms with Crippen LogP contribution in [-0.2, 0) is 6.42 Å². The minimum atomic E-state index is -0.287. The molecule has 18 heavy (non-hydrogen) atoms. The van der Waals surface area contributed by atoms with Crippen LogP contribution in [0.4, 0.5) is 0 Å². The van der Waals surface area contributed by atoms with E-state index in [-0.39, 0.29) is 6.10 Å². The summed E-state index contributed by atoms with van der Waals surface area (Å²) in [4.78, 5) is 2.44. The molecule has 0 saturated heterocycles. The molecule has 0 radical (unpaired) electrons. The fourth-order valence-electron chi connectivity index (χ4n) is 2.74. The molecule has 2 unspecified atom stereocenters. The van der Waals surface area contributed by atoms with E-state index in [2.05, 4.69) is 26.0 Å². The average molecular weight is 279 g/mol. The van der Waals surface area contributed by atoms with Gasteiger partial charge in [0.1, 0.15) is 0 Å². The Bertz CT molecular complexity index is 585. The van der Waals surface area contributed by atoms with Crippen LogP contribution in [0.5, 0.6) is 0 Å². The lowest BCUT2D eigenvalue weighted by atomic mass is 9.99. The number of halogens is 1. The van der Waals surface area contributed by atoms with E-state index in [0.717, 1.165) is 16.3 Å². The summed E-state index contributed by atoms with van der Waals surface area (Å²) in [6.07, 6.45) is 0.684. The fraction of sp³-hybridized carbons (Fsp3) is 0.333. The summed E-state index contributed by atoms with van der Waals surface area (Å²) in [7, 11) is 0. The van der Waals surface area contributed by atoms with Crippen LogP contribution in [0, 0.1) is 12.8 Å². The van der Waals surface area contributed by atoms with Gasteiger partial charge in [-0.25, -0.2) is 0 Å². The first-order chi connectivity index (χ1) is 8.58. The molecule has 0 bridgehead atoms. The molecule has 94 valence electrons. The molecule has 1 aromatic carbocycles. The molecule has 1 heterocycles. The van der Waals surface area contributed by atoms with E-state index < -0.39 is 0 Å². The SMILES string of the molecule is Cc1sc2c(c1-c1ccc(Cl)cc1)CC(C)C2O. The van der Waals surface area contributed by atoms with E-state index in [1.165, 1.54) is 21.6 Å². The van der Waals surface area contributed by atoms with E-state index in [4.69, 9.17) is 11.6 Å². The van der Waals surface area contributed by atoms with E-state index >= 15 is 0 Å². The van der Waals surface area contributed by atoms with Crippen LogP contribution in [0.3, 0.4) is 0 Å². The zero-order valence-corrected chi connectivity index (χ0v) is 12.0. The Morgan fingerprint density at radius 1 is 1.28 bits per heavy atom. The van der Waals surface area contributed by atoms with Crippen LogP contribution in [0.15, 0.2) is 24.3 Å². The van der Waals surface area contributed by atoms with Crippen molar-refractivity contribution in [3.8, 4) is 11.1 Å². The van der Waals surface area contributed by atoms with Crippen molar-refractivity contribution in [1.29, 1.82) is 0 Å².